The molecule has 0 radical (unpaired) electrons. The Morgan fingerprint density at radius 2 is 1.58 bits per heavy atom. The van der Waals surface area contributed by atoms with E-state index in [1.807, 2.05) is 29.1 Å². The molecule has 6 heteroatoms. The van der Waals surface area contributed by atoms with E-state index in [9.17, 15) is 0 Å². The van der Waals surface area contributed by atoms with Gasteiger partial charge in [0.15, 0.2) is 0 Å². The minimum Gasteiger partial charge on any atom is -0.509 e. The van der Waals surface area contributed by atoms with Crippen LogP contribution < -0.4 is 4.74 Å². The van der Waals surface area contributed by atoms with E-state index < -0.39 is 0 Å². The van der Waals surface area contributed by atoms with E-state index in [1.165, 1.54) is 35.8 Å². The third-order valence-corrected chi connectivity index (χ3v) is 10.6. The Morgan fingerprint density at radius 3 is 2.31 bits per heavy atom. The number of benzene rings is 4. The molecule has 4 aromatic carbocycles. The van der Waals surface area contributed by atoms with E-state index >= 15 is 0 Å². The Balaban J connectivity index is 0.00000514. The first-order valence-corrected chi connectivity index (χ1v) is 19.6. The Labute approximate surface area is 342 Å². The summed E-state index contributed by atoms with van der Waals surface area (Å²) < 4.78 is 11.0. The van der Waals surface area contributed by atoms with Crippen LogP contribution in [-0.4, -0.2) is 19.3 Å². The number of fused-ring (bicyclic) bond motifs is 3. The van der Waals surface area contributed by atoms with Gasteiger partial charge >= 0.3 is 21.1 Å². The molecule has 7 aromatic rings. The molecule has 0 N–H and O–H groups in total. The standard InChI is InChI=1S/C49H54N4O.Pt/c1-32(2)14-13-15-34(4)39-18-21-45-44(29-39)43-20-19-41(31-46(43)52(45)47-26-33(3)23-25-50-47)54-42-28-37(22-24-49(7,8)9)27-40(30-42)53-36(6)48(35(5)51-53)38-16-11-10-12-17-38;/h10-12,16-21,23,25-29,32,34H,13-15,22,24H2,1-9H3;/q-2;+2. The van der Waals surface area contributed by atoms with Crippen molar-refractivity contribution < 1.29 is 25.8 Å². The van der Waals surface area contributed by atoms with Gasteiger partial charge in [0.25, 0.3) is 0 Å². The van der Waals surface area contributed by atoms with Crippen LogP contribution in [0.5, 0.6) is 11.5 Å². The summed E-state index contributed by atoms with van der Waals surface area (Å²) >= 11 is 0. The van der Waals surface area contributed by atoms with Crippen LogP contribution in [0.3, 0.4) is 0 Å². The van der Waals surface area contributed by atoms with Crippen molar-refractivity contribution in [3.05, 3.63) is 131 Å². The van der Waals surface area contributed by atoms with E-state index in [2.05, 4.69) is 146 Å². The molecule has 1 unspecified atom stereocenters. The third kappa shape index (κ3) is 8.99. The summed E-state index contributed by atoms with van der Waals surface area (Å²) in [6.45, 7) is 20.2. The number of rotatable bonds is 12. The minimum absolute atomic E-state index is 0. The van der Waals surface area contributed by atoms with Gasteiger partial charge in [-0.15, -0.1) is 35.7 Å². The van der Waals surface area contributed by atoms with Gasteiger partial charge < -0.3 is 9.30 Å². The van der Waals surface area contributed by atoms with E-state index in [0.29, 0.717) is 17.4 Å². The number of aromatic nitrogens is 4. The molecule has 0 aliphatic rings. The summed E-state index contributed by atoms with van der Waals surface area (Å²) in [6.07, 6.45) is 7.53. The van der Waals surface area contributed by atoms with Crippen LogP contribution in [0.25, 0.3) is 44.4 Å². The average Bonchev–Trinajstić information content (AvgIpc) is 3.62. The molecule has 0 saturated heterocycles. The average molecular weight is 910 g/mol. The van der Waals surface area contributed by atoms with Gasteiger partial charge in [-0.05, 0) is 103 Å². The van der Waals surface area contributed by atoms with Crippen LogP contribution in [0.4, 0.5) is 0 Å². The fraction of sp³-hybridized carbons (Fsp3) is 0.347. The molecule has 1 atom stereocenters. The van der Waals surface area contributed by atoms with Crippen molar-refractivity contribution in [2.45, 2.75) is 100 Å². The Kier molecular flexibility index (Phi) is 12.2. The van der Waals surface area contributed by atoms with Crippen molar-refractivity contribution in [1.82, 2.24) is 19.3 Å². The maximum absolute atomic E-state index is 6.73. The molecule has 0 aliphatic carbocycles. The Bertz CT molecular complexity index is 2410. The van der Waals surface area contributed by atoms with Gasteiger partial charge in [0, 0.05) is 34.5 Å². The minimum atomic E-state index is 0. The van der Waals surface area contributed by atoms with Gasteiger partial charge in [-0.25, -0.2) is 4.98 Å². The molecule has 0 saturated carbocycles. The summed E-state index contributed by atoms with van der Waals surface area (Å²) in [7, 11) is 0. The van der Waals surface area contributed by atoms with Gasteiger partial charge in [0.2, 0.25) is 0 Å². The number of aryl methyl sites for hydroxylation is 3. The van der Waals surface area contributed by atoms with Crippen LogP contribution >= 0.6 is 0 Å². The molecule has 0 bridgehead atoms. The quantitative estimate of drug-likeness (QED) is 0.115. The molecule has 5 nitrogen and oxygen atoms in total. The molecule has 3 heterocycles. The van der Waals surface area contributed by atoms with Gasteiger partial charge in [0.05, 0.1) is 5.69 Å². The first-order chi connectivity index (χ1) is 25.8. The summed E-state index contributed by atoms with van der Waals surface area (Å²) in [5, 5.41) is 7.37. The van der Waals surface area contributed by atoms with E-state index in [-0.39, 0.29) is 26.5 Å². The molecule has 7 rings (SSSR count). The van der Waals surface area contributed by atoms with Crippen molar-refractivity contribution in [3.8, 4) is 34.1 Å². The number of pyridine rings is 1. The maximum Gasteiger partial charge on any atom is 2.00 e. The third-order valence-electron chi connectivity index (χ3n) is 10.6. The Morgan fingerprint density at radius 1 is 0.800 bits per heavy atom. The van der Waals surface area contributed by atoms with Crippen LogP contribution in [0.2, 0.25) is 0 Å². The van der Waals surface area contributed by atoms with Crippen LogP contribution in [-0.2, 0) is 27.5 Å². The van der Waals surface area contributed by atoms with Crippen molar-refractivity contribution in [1.29, 1.82) is 0 Å². The molecule has 286 valence electrons. The van der Waals surface area contributed by atoms with Crippen LogP contribution in [0, 0.1) is 44.2 Å². The number of hydrogen-bond donors (Lipinski definition) is 0. The molecule has 0 amide bonds. The zero-order chi connectivity index (χ0) is 38.1. The molecular formula is C49H54N4OPt. The number of ether oxygens (including phenoxy) is 1. The molecule has 0 fully saturated rings. The molecule has 3 aromatic heterocycles. The van der Waals surface area contributed by atoms with Crippen LogP contribution in [0.1, 0.15) is 101 Å². The normalized spacial score (nSPS) is 12.4. The largest absolute Gasteiger partial charge is 2.00 e. The maximum atomic E-state index is 6.73. The second-order valence-electron chi connectivity index (χ2n) is 16.8. The summed E-state index contributed by atoms with van der Waals surface area (Å²) in [5.74, 6) is 3.37. The van der Waals surface area contributed by atoms with Crippen molar-refractivity contribution >= 4 is 21.8 Å². The second-order valence-corrected chi connectivity index (χ2v) is 16.8. The SMILES string of the molecule is Cc1ccnc(-n2c3[c-]c(Oc4[c-]c(-n5nc(C)c(-c6ccccc6)c5C)cc(CCC(C)(C)C)c4)ccc3c3cc(C(C)CCCC(C)C)ccc32)c1.[Pt+2]. The summed E-state index contributed by atoms with van der Waals surface area (Å²) in [6, 6.07) is 37.5. The molecule has 0 aliphatic heterocycles. The summed E-state index contributed by atoms with van der Waals surface area (Å²) in [5.41, 5.74) is 11.2. The van der Waals surface area contributed by atoms with Crippen molar-refractivity contribution in [2.75, 3.05) is 0 Å². The Hall–Kier alpha value is -4.47. The van der Waals surface area contributed by atoms with E-state index in [1.54, 1.807) is 0 Å². The second kappa shape index (κ2) is 16.7. The molecule has 55 heavy (non-hydrogen) atoms. The predicted molar refractivity (Wildman–Crippen MR) is 224 cm³/mol. The van der Waals surface area contributed by atoms with Crippen molar-refractivity contribution in [3.63, 3.8) is 0 Å². The smallest absolute Gasteiger partial charge is 0.509 e. The zero-order valence-electron chi connectivity index (χ0n) is 33.9. The number of nitrogens with zero attached hydrogens (tertiary/aromatic N) is 4. The van der Waals surface area contributed by atoms with Gasteiger partial charge in [-0.2, -0.15) is 16.7 Å². The monoisotopic (exact) mass is 909 g/mol. The van der Waals surface area contributed by atoms with E-state index in [4.69, 9.17) is 14.8 Å². The first kappa shape index (κ1) is 40.2. The zero-order valence-corrected chi connectivity index (χ0v) is 36.1. The van der Waals surface area contributed by atoms with Gasteiger partial charge in [-0.1, -0.05) is 102 Å². The van der Waals surface area contributed by atoms with Crippen LogP contribution in [0.15, 0.2) is 91.1 Å². The van der Waals surface area contributed by atoms with Crippen molar-refractivity contribution in [2.24, 2.45) is 11.3 Å². The predicted octanol–water partition coefficient (Wildman–Crippen LogP) is 13.3. The molecular weight excluding hydrogens is 856 g/mol. The number of hydrogen-bond acceptors (Lipinski definition) is 3. The molecule has 0 spiro atoms. The van der Waals surface area contributed by atoms with Gasteiger partial charge in [0.1, 0.15) is 5.82 Å². The topological polar surface area (TPSA) is 44.9 Å². The van der Waals surface area contributed by atoms with Gasteiger partial charge in [-0.3, -0.25) is 4.68 Å². The first-order valence-electron chi connectivity index (χ1n) is 19.6. The fourth-order valence-corrected chi connectivity index (χ4v) is 7.62. The summed E-state index contributed by atoms with van der Waals surface area (Å²) in [4.78, 5) is 4.83. The fourth-order valence-electron chi connectivity index (χ4n) is 7.62. The van der Waals surface area contributed by atoms with E-state index in [0.717, 1.165) is 74.8 Å².